The number of amides is 2. The lowest BCUT2D eigenvalue weighted by Gasteiger charge is -2.39. The summed E-state index contributed by atoms with van der Waals surface area (Å²) < 4.78 is 23.4. The van der Waals surface area contributed by atoms with Crippen molar-refractivity contribution in [1.82, 2.24) is 10.6 Å². The van der Waals surface area contributed by atoms with Gasteiger partial charge in [0, 0.05) is 38.1 Å². The third kappa shape index (κ3) is 11.6. The molecule has 0 bridgehead atoms. The Morgan fingerprint density at radius 3 is 2.59 bits per heavy atom. The molecule has 0 radical (unpaired) electrons. The molecule has 0 aromatic heterocycles. The van der Waals surface area contributed by atoms with Crippen molar-refractivity contribution in [2.45, 2.75) is 109 Å². The van der Waals surface area contributed by atoms with Gasteiger partial charge in [-0.3, -0.25) is 14.4 Å². The van der Waals surface area contributed by atoms with Crippen molar-refractivity contribution in [1.29, 1.82) is 0 Å². The molecule has 1 unspecified atom stereocenters. The Bertz CT molecular complexity index is 993. The summed E-state index contributed by atoms with van der Waals surface area (Å²) in [6.45, 7) is 10.7. The standard InChI is InChI=1S/C31H48N2O7S/c1-20(7-10-25-17-31(19-37-31)18-26(40-25)16-30(36)32-13-14-41-6)8-11-28-21(2)15-27(23(4)39-28)33-29(35)12-9-22(3)38-24(5)34/h7-10,12,21-23,25-28H,11,13-19H2,1-6H3,(H,32,36)(H,33,35)/b10-7+,12-9-,20-8+/t21-,22-,23+,25+,26+,27+,28-,31?/m0/s1. The van der Waals surface area contributed by atoms with E-state index < -0.39 is 6.10 Å². The lowest BCUT2D eigenvalue weighted by molar-refractivity contribution is -0.143. The summed E-state index contributed by atoms with van der Waals surface area (Å²) >= 11 is 1.71. The van der Waals surface area contributed by atoms with E-state index >= 15 is 0 Å². The van der Waals surface area contributed by atoms with Crippen molar-refractivity contribution in [3.05, 3.63) is 36.0 Å². The zero-order chi connectivity index (χ0) is 30.0. The Morgan fingerprint density at radius 1 is 1.15 bits per heavy atom. The quantitative estimate of drug-likeness (QED) is 0.109. The first kappa shape index (κ1) is 33.4. The number of hydrogen-bond donors (Lipinski definition) is 2. The molecular formula is C31H48N2O7S. The predicted molar refractivity (Wildman–Crippen MR) is 161 cm³/mol. The van der Waals surface area contributed by atoms with Crippen molar-refractivity contribution >= 4 is 29.5 Å². The number of carbonyl (C=O) groups is 3. The number of nitrogens with one attached hydrogen (secondary N) is 2. The fraction of sp³-hybridized carbons (Fsp3) is 0.710. The highest BCUT2D eigenvalue weighted by Gasteiger charge is 2.51. The molecule has 230 valence electrons. The van der Waals surface area contributed by atoms with Gasteiger partial charge >= 0.3 is 5.97 Å². The largest absolute Gasteiger partial charge is 0.459 e. The Morgan fingerprint density at radius 2 is 1.90 bits per heavy atom. The van der Waals surface area contributed by atoms with Gasteiger partial charge < -0.3 is 29.6 Å². The summed E-state index contributed by atoms with van der Waals surface area (Å²) in [4.78, 5) is 35.7. The summed E-state index contributed by atoms with van der Waals surface area (Å²) in [6.07, 6.45) is 14.2. The molecule has 0 aromatic rings. The van der Waals surface area contributed by atoms with Gasteiger partial charge in [-0.1, -0.05) is 30.7 Å². The first-order chi connectivity index (χ1) is 19.5. The number of carbonyl (C=O) groups excluding carboxylic acids is 3. The summed E-state index contributed by atoms with van der Waals surface area (Å²) in [5.41, 5.74) is 0.987. The minimum Gasteiger partial charge on any atom is -0.459 e. The first-order valence-electron chi connectivity index (χ1n) is 14.7. The molecule has 3 rings (SSSR count). The van der Waals surface area contributed by atoms with E-state index in [0.29, 0.717) is 13.0 Å². The van der Waals surface area contributed by atoms with Gasteiger partial charge in [0.2, 0.25) is 11.8 Å². The maximum absolute atomic E-state index is 12.4. The van der Waals surface area contributed by atoms with Gasteiger partial charge in [0.05, 0.1) is 49.1 Å². The van der Waals surface area contributed by atoms with Crippen LogP contribution in [0.25, 0.3) is 0 Å². The van der Waals surface area contributed by atoms with Crippen LogP contribution in [0.4, 0.5) is 0 Å². The molecule has 10 heteroatoms. The van der Waals surface area contributed by atoms with Crippen molar-refractivity contribution in [2.75, 3.05) is 25.2 Å². The van der Waals surface area contributed by atoms with Gasteiger partial charge in [0.1, 0.15) is 6.10 Å². The molecular weight excluding hydrogens is 544 g/mol. The van der Waals surface area contributed by atoms with Gasteiger partial charge in [-0.2, -0.15) is 11.8 Å². The molecule has 2 N–H and O–H groups in total. The number of thioether (sulfide) groups is 1. The number of rotatable bonds is 13. The number of esters is 1. The highest BCUT2D eigenvalue weighted by Crippen LogP contribution is 2.43. The molecule has 3 saturated heterocycles. The zero-order valence-corrected chi connectivity index (χ0v) is 26.2. The molecule has 0 saturated carbocycles. The maximum atomic E-state index is 12.4. The van der Waals surface area contributed by atoms with Crippen LogP contribution in [-0.4, -0.2) is 85.1 Å². The molecule has 3 heterocycles. The minimum atomic E-state index is -0.457. The van der Waals surface area contributed by atoms with E-state index in [9.17, 15) is 14.4 Å². The smallest absolute Gasteiger partial charge is 0.303 e. The van der Waals surface area contributed by atoms with Gasteiger partial charge in [0.25, 0.3) is 0 Å². The normalized spacial score (nSPS) is 32.7. The van der Waals surface area contributed by atoms with Gasteiger partial charge in [-0.15, -0.1) is 0 Å². The van der Waals surface area contributed by atoms with Crippen LogP contribution in [0, 0.1) is 5.92 Å². The maximum Gasteiger partial charge on any atom is 0.303 e. The van der Waals surface area contributed by atoms with E-state index in [2.05, 4.69) is 42.7 Å². The molecule has 41 heavy (non-hydrogen) atoms. The van der Waals surface area contributed by atoms with Crippen molar-refractivity contribution in [2.24, 2.45) is 5.92 Å². The van der Waals surface area contributed by atoms with Crippen molar-refractivity contribution in [3.63, 3.8) is 0 Å². The fourth-order valence-electron chi connectivity index (χ4n) is 5.45. The Labute approximate surface area is 249 Å². The lowest BCUT2D eigenvalue weighted by atomic mass is 9.88. The van der Waals surface area contributed by atoms with Crippen molar-refractivity contribution < 1.29 is 33.3 Å². The summed E-state index contributed by atoms with van der Waals surface area (Å²) in [5.74, 6) is 0.595. The van der Waals surface area contributed by atoms with E-state index in [1.165, 1.54) is 13.0 Å². The SMILES string of the molecule is CSCCNC(=O)C[C@@H]1CC2(CO2)C[C@@H](/C=C/C(C)=C/C[C@@H]2O[C@H](C)[C@H](NC(=O)/C=C\[C@H](C)OC(C)=O)C[C@@H]2C)O1. The van der Waals surface area contributed by atoms with Crippen LogP contribution in [0.3, 0.4) is 0 Å². The van der Waals surface area contributed by atoms with Crippen LogP contribution >= 0.6 is 11.8 Å². The first-order valence-corrected chi connectivity index (χ1v) is 16.1. The van der Waals surface area contributed by atoms with Gasteiger partial charge in [0.15, 0.2) is 0 Å². The summed E-state index contributed by atoms with van der Waals surface area (Å²) in [6, 6.07) is -0.0895. The van der Waals surface area contributed by atoms with Crippen molar-refractivity contribution in [3.8, 4) is 0 Å². The number of hydrogen-bond acceptors (Lipinski definition) is 8. The third-order valence-electron chi connectivity index (χ3n) is 7.79. The lowest BCUT2D eigenvalue weighted by Crippen LogP contribution is -2.50. The molecule has 1 spiro atoms. The predicted octanol–water partition coefficient (Wildman–Crippen LogP) is 3.87. The molecule has 3 aliphatic heterocycles. The average molecular weight is 593 g/mol. The van der Waals surface area contributed by atoms with E-state index in [0.717, 1.165) is 43.6 Å². The van der Waals surface area contributed by atoms with Crippen LogP contribution in [0.2, 0.25) is 0 Å². The average Bonchev–Trinajstić information content (AvgIpc) is 3.64. The molecule has 2 amide bonds. The topological polar surface area (TPSA) is 115 Å². The Kier molecular flexibility index (Phi) is 12.9. The third-order valence-corrected chi connectivity index (χ3v) is 8.41. The second-order valence-electron chi connectivity index (χ2n) is 11.6. The van der Waals surface area contributed by atoms with Crippen LogP contribution in [-0.2, 0) is 33.3 Å². The molecule has 0 aromatic carbocycles. The second-order valence-corrected chi connectivity index (χ2v) is 12.6. The number of ether oxygens (including phenoxy) is 4. The molecule has 8 atom stereocenters. The van der Waals surface area contributed by atoms with E-state index in [1.807, 2.05) is 13.2 Å². The summed E-state index contributed by atoms with van der Waals surface area (Å²) in [7, 11) is 0. The summed E-state index contributed by atoms with van der Waals surface area (Å²) in [5, 5.41) is 5.99. The van der Waals surface area contributed by atoms with Gasteiger partial charge in [-0.25, -0.2) is 0 Å². The fourth-order valence-corrected chi connectivity index (χ4v) is 5.75. The Balaban J connectivity index is 1.45. The van der Waals surface area contributed by atoms with E-state index in [1.54, 1.807) is 24.8 Å². The molecule has 3 fully saturated rings. The monoisotopic (exact) mass is 592 g/mol. The van der Waals surface area contributed by atoms with E-state index in [4.69, 9.17) is 18.9 Å². The molecule has 3 aliphatic rings. The number of epoxide rings is 1. The van der Waals surface area contributed by atoms with Gasteiger partial charge in [-0.05, 0) is 51.9 Å². The van der Waals surface area contributed by atoms with Crippen LogP contribution in [0.15, 0.2) is 36.0 Å². The zero-order valence-electron chi connectivity index (χ0n) is 25.4. The van der Waals surface area contributed by atoms with Crippen LogP contribution in [0.5, 0.6) is 0 Å². The molecule has 0 aliphatic carbocycles. The highest BCUT2D eigenvalue weighted by molar-refractivity contribution is 7.98. The van der Waals surface area contributed by atoms with Crippen LogP contribution < -0.4 is 10.6 Å². The minimum absolute atomic E-state index is 0.0310. The Hall–Kier alpha value is -2.14. The number of allylic oxidation sites excluding steroid dienone is 2. The molecule has 9 nitrogen and oxygen atoms in total. The highest BCUT2D eigenvalue weighted by atomic mass is 32.2. The van der Waals surface area contributed by atoms with Crippen LogP contribution in [0.1, 0.15) is 66.7 Å². The van der Waals surface area contributed by atoms with E-state index in [-0.39, 0.29) is 59.8 Å². The second kappa shape index (κ2) is 15.9.